The van der Waals surface area contributed by atoms with E-state index in [9.17, 15) is 4.79 Å². The van der Waals surface area contributed by atoms with Crippen molar-refractivity contribution >= 4 is 5.78 Å². The van der Waals surface area contributed by atoms with Gasteiger partial charge in [0, 0.05) is 18.8 Å². The molecule has 0 atom stereocenters. The maximum Gasteiger partial charge on any atom is 0.136 e. The molecule has 0 unspecified atom stereocenters. The molecule has 0 aromatic rings. The van der Waals surface area contributed by atoms with E-state index in [4.69, 9.17) is 0 Å². The number of Topliss-reactive ketones (excluding diaryl/α,β-unsaturated/α-hetero) is 1. The fourth-order valence-corrected chi connectivity index (χ4v) is 2.80. The van der Waals surface area contributed by atoms with Gasteiger partial charge in [-0.15, -0.1) is 11.8 Å². The van der Waals surface area contributed by atoms with Crippen molar-refractivity contribution in [1.29, 1.82) is 0 Å². The SMILES string of the molecule is CC#CCCC(=O)C1CCC(C(C)(C)C)CC1. The first kappa shape index (κ1) is 14.3. The van der Waals surface area contributed by atoms with Crippen LogP contribution in [-0.4, -0.2) is 5.78 Å². The van der Waals surface area contributed by atoms with Crippen LogP contribution in [0.3, 0.4) is 0 Å². The quantitative estimate of drug-likeness (QED) is 0.668. The Kier molecular flexibility index (Phi) is 5.25. The number of rotatable bonds is 3. The van der Waals surface area contributed by atoms with E-state index in [1.165, 1.54) is 12.8 Å². The van der Waals surface area contributed by atoms with Crippen LogP contribution in [0.15, 0.2) is 0 Å². The van der Waals surface area contributed by atoms with E-state index >= 15 is 0 Å². The number of hydrogen-bond donors (Lipinski definition) is 0. The zero-order chi connectivity index (χ0) is 12.9. The zero-order valence-electron chi connectivity index (χ0n) is 11.8. The minimum atomic E-state index is 0.326. The summed E-state index contributed by atoms with van der Waals surface area (Å²) in [5.41, 5.74) is 0.404. The first-order valence-corrected chi connectivity index (χ1v) is 6.87. The Balaban J connectivity index is 2.35. The van der Waals surface area contributed by atoms with Crippen molar-refractivity contribution in [2.24, 2.45) is 17.3 Å². The van der Waals surface area contributed by atoms with Gasteiger partial charge in [0.1, 0.15) is 5.78 Å². The lowest BCUT2D eigenvalue weighted by Crippen LogP contribution is -2.28. The summed E-state index contributed by atoms with van der Waals surface area (Å²) in [6.07, 6.45) is 6.04. The third-order valence-corrected chi connectivity index (χ3v) is 4.08. The van der Waals surface area contributed by atoms with Gasteiger partial charge in [-0.2, -0.15) is 0 Å². The second kappa shape index (κ2) is 6.24. The highest BCUT2D eigenvalue weighted by Crippen LogP contribution is 2.40. The summed E-state index contributed by atoms with van der Waals surface area (Å²) in [6, 6.07) is 0. The molecular weight excluding hydrogens is 208 g/mol. The number of carbonyl (C=O) groups is 1. The third-order valence-electron chi connectivity index (χ3n) is 4.08. The van der Waals surface area contributed by atoms with E-state index in [1.807, 2.05) is 6.92 Å². The van der Waals surface area contributed by atoms with Crippen molar-refractivity contribution in [2.45, 2.75) is 66.2 Å². The lowest BCUT2D eigenvalue weighted by molar-refractivity contribution is -0.124. The summed E-state index contributed by atoms with van der Waals surface area (Å²) in [4.78, 5) is 12.0. The molecule has 1 aliphatic carbocycles. The van der Waals surface area contributed by atoms with Crippen molar-refractivity contribution in [3.63, 3.8) is 0 Å². The highest BCUT2D eigenvalue weighted by molar-refractivity contribution is 5.81. The Bertz CT molecular complexity index is 303. The van der Waals surface area contributed by atoms with E-state index in [0.717, 1.165) is 25.2 Å². The average molecular weight is 234 g/mol. The molecule has 96 valence electrons. The molecule has 0 amide bonds. The maximum atomic E-state index is 12.0. The van der Waals surface area contributed by atoms with E-state index in [-0.39, 0.29) is 0 Å². The second-order valence-corrected chi connectivity index (χ2v) is 6.31. The number of ketones is 1. The second-order valence-electron chi connectivity index (χ2n) is 6.31. The van der Waals surface area contributed by atoms with E-state index in [0.29, 0.717) is 23.5 Å². The van der Waals surface area contributed by atoms with Crippen molar-refractivity contribution in [2.75, 3.05) is 0 Å². The van der Waals surface area contributed by atoms with Gasteiger partial charge in [0.15, 0.2) is 0 Å². The predicted octanol–water partition coefficient (Wildman–Crippen LogP) is 4.21. The Hall–Kier alpha value is -0.770. The molecule has 0 N–H and O–H groups in total. The summed E-state index contributed by atoms with van der Waals surface area (Å²) in [5, 5.41) is 0. The summed E-state index contributed by atoms with van der Waals surface area (Å²) in [6.45, 7) is 8.78. The molecule has 0 aromatic carbocycles. The van der Waals surface area contributed by atoms with Gasteiger partial charge in [0.2, 0.25) is 0 Å². The molecule has 1 heteroatoms. The first-order valence-electron chi connectivity index (χ1n) is 6.87. The molecule has 0 heterocycles. The molecule has 0 bridgehead atoms. The molecule has 0 aliphatic heterocycles. The Labute approximate surface area is 106 Å². The Morgan fingerprint density at radius 2 is 1.76 bits per heavy atom. The van der Waals surface area contributed by atoms with Crippen LogP contribution in [0.2, 0.25) is 0 Å². The van der Waals surface area contributed by atoms with Crippen LogP contribution in [0.25, 0.3) is 0 Å². The molecule has 1 rings (SSSR count). The van der Waals surface area contributed by atoms with Crippen LogP contribution in [0.4, 0.5) is 0 Å². The van der Waals surface area contributed by atoms with Crippen molar-refractivity contribution in [3.05, 3.63) is 0 Å². The number of carbonyl (C=O) groups excluding carboxylic acids is 1. The van der Waals surface area contributed by atoms with Gasteiger partial charge in [-0.3, -0.25) is 4.79 Å². The number of hydrogen-bond acceptors (Lipinski definition) is 1. The molecule has 1 saturated carbocycles. The van der Waals surface area contributed by atoms with Crippen molar-refractivity contribution < 1.29 is 4.79 Å². The lowest BCUT2D eigenvalue weighted by Gasteiger charge is -2.36. The van der Waals surface area contributed by atoms with E-state index < -0.39 is 0 Å². The molecule has 0 saturated heterocycles. The first-order chi connectivity index (χ1) is 7.95. The van der Waals surface area contributed by atoms with Crippen molar-refractivity contribution in [1.82, 2.24) is 0 Å². The molecule has 17 heavy (non-hydrogen) atoms. The highest BCUT2D eigenvalue weighted by atomic mass is 16.1. The van der Waals surface area contributed by atoms with Gasteiger partial charge in [0.05, 0.1) is 0 Å². The fraction of sp³-hybridized carbons (Fsp3) is 0.812. The largest absolute Gasteiger partial charge is 0.299 e. The summed E-state index contributed by atoms with van der Waals surface area (Å²) in [7, 11) is 0. The minimum Gasteiger partial charge on any atom is -0.299 e. The molecule has 1 fully saturated rings. The maximum absolute atomic E-state index is 12.0. The molecule has 0 radical (unpaired) electrons. The summed E-state index contributed by atoms with van der Waals surface area (Å²) >= 11 is 0. The van der Waals surface area contributed by atoms with Crippen LogP contribution in [0.5, 0.6) is 0 Å². The third kappa shape index (κ3) is 4.54. The van der Waals surface area contributed by atoms with Crippen molar-refractivity contribution in [3.8, 4) is 11.8 Å². The van der Waals surface area contributed by atoms with Crippen LogP contribution >= 0.6 is 0 Å². The monoisotopic (exact) mass is 234 g/mol. The minimum absolute atomic E-state index is 0.326. The Morgan fingerprint density at radius 3 is 2.24 bits per heavy atom. The standard InChI is InChI=1S/C16H26O/c1-5-6-7-8-15(17)13-9-11-14(12-10-13)16(2,3)4/h13-14H,7-12H2,1-4H3. The van der Waals surface area contributed by atoms with Gasteiger partial charge in [-0.05, 0) is 43.9 Å². The van der Waals surface area contributed by atoms with Crippen LogP contribution in [0, 0.1) is 29.1 Å². The zero-order valence-corrected chi connectivity index (χ0v) is 11.8. The normalized spacial score (nSPS) is 24.9. The molecule has 0 spiro atoms. The van der Waals surface area contributed by atoms with Gasteiger partial charge < -0.3 is 0 Å². The lowest BCUT2D eigenvalue weighted by atomic mass is 9.69. The molecule has 1 nitrogen and oxygen atoms in total. The molecule has 0 aromatic heterocycles. The van der Waals surface area contributed by atoms with Gasteiger partial charge in [-0.25, -0.2) is 0 Å². The smallest absolute Gasteiger partial charge is 0.136 e. The van der Waals surface area contributed by atoms with Crippen LogP contribution in [-0.2, 0) is 4.79 Å². The predicted molar refractivity (Wildman–Crippen MR) is 72.6 cm³/mol. The summed E-state index contributed by atoms with van der Waals surface area (Å²) in [5.74, 6) is 7.40. The van der Waals surface area contributed by atoms with E-state index in [2.05, 4.69) is 32.6 Å². The van der Waals surface area contributed by atoms with Gasteiger partial charge in [-0.1, -0.05) is 20.8 Å². The van der Waals surface area contributed by atoms with Gasteiger partial charge >= 0.3 is 0 Å². The molecular formula is C16H26O. The highest BCUT2D eigenvalue weighted by Gasteiger charge is 2.31. The fourth-order valence-electron chi connectivity index (χ4n) is 2.80. The van der Waals surface area contributed by atoms with E-state index in [1.54, 1.807) is 0 Å². The topological polar surface area (TPSA) is 17.1 Å². The average Bonchev–Trinajstić information content (AvgIpc) is 2.28. The van der Waals surface area contributed by atoms with Gasteiger partial charge in [0.25, 0.3) is 0 Å². The molecule has 1 aliphatic rings. The Morgan fingerprint density at radius 1 is 1.18 bits per heavy atom. The van der Waals surface area contributed by atoms with Crippen LogP contribution < -0.4 is 0 Å². The van der Waals surface area contributed by atoms with Crippen LogP contribution in [0.1, 0.15) is 66.2 Å². The summed E-state index contributed by atoms with van der Waals surface area (Å²) < 4.78 is 0.